The van der Waals surface area contributed by atoms with Crippen LogP contribution < -0.4 is 15.4 Å². The number of aromatic nitrogens is 3. The molecular weight excluding hydrogens is 665 g/mol. The summed E-state index contributed by atoms with van der Waals surface area (Å²) < 4.78 is 75.1. The summed E-state index contributed by atoms with van der Waals surface area (Å²) in [6.07, 6.45) is -1.17. The van der Waals surface area contributed by atoms with E-state index < -0.39 is 48.3 Å². The molecule has 2 aliphatic rings. The van der Waals surface area contributed by atoms with Gasteiger partial charge in [0.25, 0.3) is 5.91 Å². The number of carbonyl (C=O) groups is 2. The summed E-state index contributed by atoms with van der Waals surface area (Å²) in [7, 11) is 1.25. The van der Waals surface area contributed by atoms with Gasteiger partial charge in [0.1, 0.15) is 0 Å². The number of rotatable bonds is 6. The van der Waals surface area contributed by atoms with Crippen molar-refractivity contribution >= 4 is 41.4 Å². The smallest absolute Gasteiger partial charge is 0.418 e. The Balaban J connectivity index is 0.00000451. The molecule has 2 saturated heterocycles. The second kappa shape index (κ2) is 13.2. The molecule has 0 saturated carbocycles. The average Bonchev–Trinajstić information content (AvgIpc) is 3.67. The van der Waals surface area contributed by atoms with Crippen LogP contribution in [-0.4, -0.2) is 98.7 Å². The van der Waals surface area contributed by atoms with Crippen LogP contribution in [0.4, 0.5) is 33.5 Å². The third kappa shape index (κ3) is 6.22. The number of ether oxygens (including phenoxy) is 1. The predicted molar refractivity (Wildman–Crippen MR) is 166 cm³/mol. The second-order valence-electron chi connectivity index (χ2n) is 11.5. The number of piperazine rings is 1. The molecule has 2 aromatic carbocycles. The first-order valence-corrected chi connectivity index (χ1v) is 14.6. The summed E-state index contributed by atoms with van der Waals surface area (Å²) in [5, 5.41) is 15.5. The molecule has 256 valence electrons. The topological polar surface area (TPSA) is 124 Å². The molecule has 2 fully saturated rings. The van der Waals surface area contributed by atoms with E-state index in [0.717, 1.165) is 0 Å². The lowest BCUT2D eigenvalue weighted by Crippen LogP contribution is -2.54. The second-order valence-corrected chi connectivity index (χ2v) is 11.5. The van der Waals surface area contributed by atoms with E-state index in [0.29, 0.717) is 34.0 Å². The summed E-state index contributed by atoms with van der Waals surface area (Å²) >= 11 is 0. The van der Waals surface area contributed by atoms with Crippen LogP contribution in [0, 0.1) is 18.6 Å². The van der Waals surface area contributed by atoms with Gasteiger partial charge in [-0.2, -0.15) is 17.6 Å². The highest BCUT2D eigenvalue weighted by Gasteiger charge is 2.58. The minimum Gasteiger partial charge on any atom is -0.494 e. The Hall–Kier alpha value is -4.54. The van der Waals surface area contributed by atoms with E-state index in [1.165, 1.54) is 36.5 Å². The Morgan fingerprint density at radius 2 is 1.77 bits per heavy atom. The van der Waals surface area contributed by atoms with E-state index in [9.17, 15) is 36.6 Å². The van der Waals surface area contributed by atoms with Gasteiger partial charge < -0.3 is 30.3 Å². The van der Waals surface area contributed by atoms with Crippen molar-refractivity contribution in [1.82, 2.24) is 29.5 Å². The van der Waals surface area contributed by atoms with E-state index >= 15 is 0 Å². The van der Waals surface area contributed by atoms with E-state index in [-0.39, 0.29) is 55.8 Å². The van der Waals surface area contributed by atoms with E-state index in [1.54, 1.807) is 40.6 Å². The van der Waals surface area contributed by atoms with Gasteiger partial charge in [0, 0.05) is 68.4 Å². The number of amides is 2. The van der Waals surface area contributed by atoms with Crippen LogP contribution in [0.5, 0.6) is 5.75 Å². The first-order valence-electron chi connectivity index (χ1n) is 14.6. The number of hydrogen-bond acceptors (Lipinski definition) is 8. The first-order chi connectivity index (χ1) is 22.3. The van der Waals surface area contributed by atoms with Crippen LogP contribution in [0.3, 0.4) is 0 Å². The molecule has 0 spiro atoms. The quantitative estimate of drug-likeness (QED) is 0.258. The minimum atomic E-state index is -4.85. The maximum atomic E-state index is 14.8. The molecule has 6 rings (SSSR count). The molecule has 2 aliphatic heterocycles. The molecule has 17 heteroatoms. The zero-order valence-electron chi connectivity index (χ0n) is 25.6. The van der Waals surface area contributed by atoms with Crippen LogP contribution in [-0.2, 0) is 4.79 Å². The largest absolute Gasteiger partial charge is 0.494 e. The number of halogens is 6. The Labute approximate surface area is 277 Å². The van der Waals surface area contributed by atoms with Gasteiger partial charge in [-0.1, -0.05) is 0 Å². The molecule has 0 unspecified atom stereocenters. The number of nitrogens with zero attached hydrogens (tertiary/aromatic N) is 5. The zero-order chi connectivity index (χ0) is 33.7. The third-order valence-corrected chi connectivity index (χ3v) is 8.58. The molecule has 2 atom stereocenters. The monoisotopic (exact) mass is 695 g/mol. The summed E-state index contributed by atoms with van der Waals surface area (Å²) in [5.74, 6) is -2.89. The average molecular weight is 696 g/mol. The zero-order valence-corrected chi connectivity index (χ0v) is 26.5. The minimum absolute atomic E-state index is 0. The lowest BCUT2D eigenvalue weighted by atomic mass is 9.99. The third-order valence-electron chi connectivity index (χ3n) is 8.58. The SMILES string of the molecule is COc1ccc(-c2cnc3c(Nc4ccc(C(=O)N5CCN(C(=O)[C@@H]6C[C@@](O)(C(F)(F)F)CN6)CC5)c(C)c4)nccn23)c(F)c1F.Cl. The molecule has 11 nitrogen and oxygen atoms in total. The van der Waals surface area contributed by atoms with Gasteiger partial charge in [0.15, 0.2) is 28.6 Å². The fourth-order valence-electron chi connectivity index (χ4n) is 5.90. The van der Waals surface area contributed by atoms with Crippen molar-refractivity contribution < 1.29 is 41.4 Å². The van der Waals surface area contributed by atoms with E-state index in [4.69, 9.17) is 4.74 Å². The molecule has 4 aromatic rings. The fourth-order valence-corrected chi connectivity index (χ4v) is 5.90. The van der Waals surface area contributed by atoms with Crippen molar-refractivity contribution in [3.05, 3.63) is 71.7 Å². The summed E-state index contributed by atoms with van der Waals surface area (Å²) in [6, 6.07) is 6.63. The number of benzene rings is 2. The number of hydrogen-bond donors (Lipinski definition) is 3. The highest BCUT2D eigenvalue weighted by molar-refractivity contribution is 5.96. The molecule has 0 radical (unpaired) electrons. The van der Waals surface area contributed by atoms with Crippen LogP contribution in [0.2, 0.25) is 0 Å². The van der Waals surface area contributed by atoms with E-state index in [2.05, 4.69) is 20.6 Å². The van der Waals surface area contributed by atoms with Gasteiger partial charge in [-0.05, 0) is 42.8 Å². The highest BCUT2D eigenvalue weighted by Crippen LogP contribution is 2.37. The number of anilines is 2. The predicted octanol–water partition coefficient (Wildman–Crippen LogP) is 4.10. The van der Waals surface area contributed by atoms with Crippen LogP contribution in [0.25, 0.3) is 16.9 Å². The molecule has 0 aliphatic carbocycles. The normalized spacial score (nSPS) is 19.7. The molecule has 48 heavy (non-hydrogen) atoms. The number of imidazole rings is 1. The molecule has 2 amide bonds. The molecular formula is C31H31ClF5N7O4. The molecule has 2 aromatic heterocycles. The van der Waals surface area contributed by atoms with Gasteiger partial charge in [0.05, 0.1) is 25.0 Å². The van der Waals surface area contributed by atoms with Crippen LogP contribution >= 0.6 is 12.4 Å². The first kappa shape index (κ1) is 34.8. The molecule has 4 heterocycles. The maximum absolute atomic E-state index is 14.8. The Kier molecular flexibility index (Phi) is 9.54. The van der Waals surface area contributed by atoms with Crippen LogP contribution in [0.1, 0.15) is 22.3 Å². The number of β-amino-alcohol motifs (C(OH)–C–C–N with tert-alkyl or cyclic N) is 1. The van der Waals surface area contributed by atoms with Crippen LogP contribution in [0.15, 0.2) is 48.9 Å². The number of nitrogens with one attached hydrogen (secondary N) is 2. The highest BCUT2D eigenvalue weighted by atomic mass is 35.5. The van der Waals surface area contributed by atoms with Gasteiger partial charge >= 0.3 is 6.18 Å². The van der Waals surface area contributed by atoms with Gasteiger partial charge in [-0.15, -0.1) is 12.4 Å². The Morgan fingerprint density at radius 1 is 1.06 bits per heavy atom. The summed E-state index contributed by atoms with van der Waals surface area (Å²) in [5.41, 5.74) is -0.665. The lowest BCUT2D eigenvalue weighted by molar-refractivity contribution is -0.252. The molecule has 3 N–H and O–H groups in total. The Bertz CT molecular complexity index is 1870. The number of fused-ring (bicyclic) bond motifs is 1. The van der Waals surface area contributed by atoms with Crippen molar-refractivity contribution in [3.63, 3.8) is 0 Å². The number of aliphatic hydroxyl groups is 1. The van der Waals surface area contributed by atoms with Crippen molar-refractivity contribution in [2.24, 2.45) is 0 Å². The van der Waals surface area contributed by atoms with E-state index in [1.807, 2.05) is 0 Å². The number of methoxy groups -OCH3 is 1. The summed E-state index contributed by atoms with van der Waals surface area (Å²) in [6.45, 7) is 1.66. The fraction of sp³-hybridized carbons (Fsp3) is 0.355. The van der Waals surface area contributed by atoms with Crippen molar-refractivity contribution in [2.45, 2.75) is 31.2 Å². The lowest BCUT2D eigenvalue weighted by Gasteiger charge is -2.36. The van der Waals surface area contributed by atoms with Gasteiger partial charge in [0.2, 0.25) is 11.7 Å². The standard InChI is InChI=1S/C31H30F5N7O4.ClH/c1-17-13-18(40-26-27-38-15-22(43(27)8-7-37-26)20-5-6-23(47-2)25(33)24(20)32)3-4-19(17)28(44)41-9-11-42(12-10-41)29(45)21-14-30(46,16-39-21)31(34,35)36;/h3-8,13,15,21,39,46H,9-12,14,16H2,1-2H3,(H,37,40);1H/t21-,30-;/m0./s1. The maximum Gasteiger partial charge on any atom is 0.418 e. The van der Waals surface area contributed by atoms with Gasteiger partial charge in [-0.3, -0.25) is 14.0 Å². The van der Waals surface area contributed by atoms with Crippen molar-refractivity contribution in [2.75, 3.05) is 45.2 Å². The Morgan fingerprint density at radius 3 is 2.42 bits per heavy atom. The number of aryl methyl sites for hydroxylation is 1. The summed E-state index contributed by atoms with van der Waals surface area (Å²) in [4.78, 5) is 37.9. The number of carbonyl (C=O) groups excluding carboxylic acids is 2. The number of alkyl halides is 3. The molecule has 0 bridgehead atoms. The van der Waals surface area contributed by atoms with Crippen molar-refractivity contribution in [1.29, 1.82) is 0 Å². The van der Waals surface area contributed by atoms with Gasteiger partial charge in [-0.25, -0.2) is 14.4 Å². The van der Waals surface area contributed by atoms with Crippen molar-refractivity contribution in [3.8, 4) is 17.0 Å².